The number of nitrogens with zero attached hydrogens (tertiary/aromatic N) is 2. The summed E-state index contributed by atoms with van der Waals surface area (Å²) in [5.41, 5.74) is 1.82. The van der Waals surface area contributed by atoms with Crippen molar-refractivity contribution >= 4 is 38.1 Å². The molecular weight excluding hydrogens is 597 g/mol. The number of carboxylic acids is 1. The Labute approximate surface area is 274 Å². The number of anilines is 1. The molecule has 222 valence electrons. The number of hydrogen-bond acceptors (Lipinski definition) is 9. The van der Waals surface area contributed by atoms with E-state index in [0.29, 0.717) is 16.9 Å². The van der Waals surface area contributed by atoms with E-state index in [9.17, 15) is 32.5 Å². The number of allylic oxidation sites excluding steroid dienone is 4. The van der Waals surface area contributed by atoms with Crippen LogP contribution in [-0.2, 0) is 26.7 Å². The van der Waals surface area contributed by atoms with E-state index in [1.807, 2.05) is 47.4 Å². The van der Waals surface area contributed by atoms with Crippen LogP contribution in [0.1, 0.15) is 43.6 Å². The molecule has 3 aliphatic heterocycles. The quantitative estimate of drug-likeness (QED) is 0.229. The van der Waals surface area contributed by atoms with Crippen LogP contribution in [0.3, 0.4) is 0 Å². The first-order valence-electron chi connectivity index (χ1n) is 13.8. The zero-order valence-corrected chi connectivity index (χ0v) is 27.2. The molecule has 44 heavy (non-hydrogen) atoms. The minimum absolute atomic E-state index is 0. The summed E-state index contributed by atoms with van der Waals surface area (Å²) in [6, 6.07) is 13.5. The van der Waals surface area contributed by atoms with Crippen LogP contribution in [0.5, 0.6) is 0 Å². The summed E-state index contributed by atoms with van der Waals surface area (Å²) < 4.78 is 40.2. The molecule has 1 unspecified atom stereocenters. The molecule has 2 N–H and O–H groups in total. The Morgan fingerprint density at radius 1 is 1.18 bits per heavy atom. The van der Waals surface area contributed by atoms with Crippen molar-refractivity contribution in [3.05, 3.63) is 98.0 Å². The summed E-state index contributed by atoms with van der Waals surface area (Å²) in [6.45, 7) is 4.39. The van der Waals surface area contributed by atoms with Crippen molar-refractivity contribution in [1.82, 2.24) is 9.97 Å². The molecule has 0 bridgehead atoms. The third-order valence-corrected chi connectivity index (χ3v) is 9.04. The smallest absolute Gasteiger partial charge is 0.748 e. The number of aromatic amines is 1. The summed E-state index contributed by atoms with van der Waals surface area (Å²) in [4.78, 5) is 44.2. The van der Waals surface area contributed by atoms with Gasteiger partial charge in [-0.15, -0.1) is 0 Å². The average Bonchev–Trinajstić information content (AvgIpc) is 3.15. The van der Waals surface area contributed by atoms with Gasteiger partial charge in [0.25, 0.3) is 5.56 Å². The molecule has 0 aromatic heterocycles. The molecular formula is C31H28N3NaO8S. The van der Waals surface area contributed by atoms with Crippen molar-refractivity contribution in [2.75, 3.05) is 17.2 Å². The van der Waals surface area contributed by atoms with Gasteiger partial charge in [0, 0.05) is 29.1 Å². The Kier molecular flexibility index (Phi) is 8.51. The number of nitrogens with one attached hydrogen (secondary N) is 1. The van der Waals surface area contributed by atoms with E-state index in [1.165, 1.54) is 6.07 Å². The number of rotatable bonds is 6. The van der Waals surface area contributed by atoms with E-state index in [-0.39, 0.29) is 66.8 Å². The molecule has 0 spiro atoms. The molecule has 11 nitrogen and oxygen atoms in total. The van der Waals surface area contributed by atoms with E-state index in [0.717, 1.165) is 27.7 Å². The fourth-order valence-electron chi connectivity index (χ4n) is 6.34. The Morgan fingerprint density at radius 3 is 2.66 bits per heavy atom. The SMILES string of the molecule is CC1(C)/C(=C\C=C2/CC(C(=O)O)Cc3cc4c(=O)[nH]c(=O)nc-4oc32)N(CCCS(=O)(=O)[O-])c2ccc3ccccc3c21.[Na+]. The Morgan fingerprint density at radius 2 is 1.93 bits per heavy atom. The zero-order chi connectivity index (χ0) is 30.7. The largest absolute Gasteiger partial charge is 1.00 e. The van der Waals surface area contributed by atoms with Crippen LogP contribution in [0.25, 0.3) is 27.8 Å². The predicted octanol–water partition coefficient (Wildman–Crippen LogP) is 0.633. The topological polar surface area (TPSA) is 174 Å². The van der Waals surface area contributed by atoms with Gasteiger partial charge in [-0.05, 0) is 64.9 Å². The monoisotopic (exact) mass is 625 g/mol. The number of carbonyl (C=O) groups is 1. The van der Waals surface area contributed by atoms with Gasteiger partial charge in [0.15, 0.2) is 0 Å². The minimum atomic E-state index is -4.40. The van der Waals surface area contributed by atoms with Gasteiger partial charge in [-0.1, -0.05) is 50.3 Å². The molecule has 0 radical (unpaired) electrons. The molecule has 0 saturated heterocycles. The van der Waals surface area contributed by atoms with E-state index in [4.69, 9.17) is 4.42 Å². The normalized spacial score (nSPS) is 19.2. The van der Waals surface area contributed by atoms with Crippen molar-refractivity contribution in [3.8, 4) is 11.5 Å². The molecule has 3 heterocycles. The molecule has 13 heteroatoms. The fourth-order valence-corrected chi connectivity index (χ4v) is 6.82. The molecule has 1 atom stereocenters. The van der Waals surface area contributed by atoms with Crippen molar-refractivity contribution < 1.29 is 56.8 Å². The van der Waals surface area contributed by atoms with Gasteiger partial charge in [-0.2, -0.15) is 4.98 Å². The van der Waals surface area contributed by atoms with Gasteiger partial charge in [-0.3, -0.25) is 14.6 Å². The third kappa shape index (κ3) is 5.80. The maximum Gasteiger partial charge on any atom is 1.00 e. The summed E-state index contributed by atoms with van der Waals surface area (Å²) in [6.07, 6.45) is 4.03. The minimum Gasteiger partial charge on any atom is -0.748 e. The summed E-state index contributed by atoms with van der Waals surface area (Å²) in [5, 5.41) is 12.0. The molecule has 0 saturated carbocycles. The van der Waals surface area contributed by atoms with Crippen LogP contribution in [0.4, 0.5) is 5.69 Å². The predicted molar refractivity (Wildman–Crippen MR) is 159 cm³/mol. The molecule has 2 aromatic rings. The number of aromatic nitrogens is 2. The number of aliphatic carboxylic acids is 1. The summed E-state index contributed by atoms with van der Waals surface area (Å²) >= 11 is 0. The van der Waals surface area contributed by atoms with E-state index in [2.05, 4.69) is 23.8 Å². The Hall–Kier alpha value is -3.55. The number of hydrogen-bond donors (Lipinski definition) is 2. The van der Waals surface area contributed by atoms with E-state index >= 15 is 0 Å². The molecule has 2 aromatic carbocycles. The average molecular weight is 626 g/mol. The van der Waals surface area contributed by atoms with Crippen LogP contribution in [0.15, 0.2) is 74.3 Å². The van der Waals surface area contributed by atoms with Gasteiger partial charge in [0.1, 0.15) is 11.3 Å². The van der Waals surface area contributed by atoms with Crippen LogP contribution in [-0.4, -0.2) is 46.3 Å². The van der Waals surface area contributed by atoms with Gasteiger partial charge < -0.3 is 19.0 Å². The van der Waals surface area contributed by atoms with E-state index < -0.39 is 44.4 Å². The van der Waals surface area contributed by atoms with Crippen LogP contribution >= 0.6 is 0 Å². The molecule has 6 rings (SSSR count). The second kappa shape index (κ2) is 11.8. The molecule has 1 aliphatic carbocycles. The van der Waals surface area contributed by atoms with Crippen LogP contribution < -0.4 is 45.7 Å². The first-order chi connectivity index (χ1) is 20.3. The Balaban J connectivity index is 0.00000384. The first-order valence-corrected chi connectivity index (χ1v) is 15.4. The van der Waals surface area contributed by atoms with Gasteiger partial charge in [0.2, 0.25) is 5.89 Å². The standard InChI is InChI=1S/C31H29N3O8S.Na/c1-31(2)24(34(12-5-13-43(39,40)41)23-10-8-17-6-3-4-7-21(17)25(23)31)11-9-18-14-20(29(36)37)15-19-16-22-27(35)32-30(38)33-28(22)42-26(18)19;/h3-4,6-11,16,20H,5,12-15H2,1-2H3,(H,36,37)(H,32,35,38)(H,39,40,41);/q;+1/p-1/b18-9+,24-11+;. The molecule has 0 amide bonds. The van der Waals surface area contributed by atoms with Crippen molar-refractivity contribution in [2.45, 2.75) is 38.5 Å². The maximum atomic E-state index is 12.4. The Bertz CT molecular complexity index is 2060. The van der Waals surface area contributed by atoms with Crippen molar-refractivity contribution in [1.29, 1.82) is 0 Å². The van der Waals surface area contributed by atoms with Gasteiger partial charge in [-0.25, -0.2) is 13.2 Å². The molecule has 0 fully saturated rings. The number of carboxylic acid groups (broad SMARTS) is 1. The van der Waals surface area contributed by atoms with E-state index in [1.54, 1.807) is 6.08 Å². The second-order valence-electron chi connectivity index (χ2n) is 11.5. The number of benzene rings is 2. The van der Waals surface area contributed by atoms with Gasteiger partial charge in [0.05, 0.1) is 16.0 Å². The van der Waals surface area contributed by atoms with Crippen molar-refractivity contribution in [2.24, 2.45) is 5.92 Å². The third-order valence-electron chi connectivity index (χ3n) is 8.25. The van der Waals surface area contributed by atoms with Crippen LogP contribution in [0.2, 0.25) is 0 Å². The van der Waals surface area contributed by atoms with Crippen LogP contribution in [0, 0.1) is 5.92 Å². The second-order valence-corrected chi connectivity index (χ2v) is 13.0. The van der Waals surface area contributed by atoms with Crippen molar-refractivity contribution in [3.63, 3.8) is 0 Å². The number of fused-ring (bicyclic) bond motifs is 5. The molecule has 4 aliphatic rings. The fraction of sp³-hybridized carbons (Fsp3) is 0.290. The van der Waals surface area contributed by atoms with Gasteiger partial charge >= 0.3 is 41.2 Å². The first kappa shape index (κ1) is 31.9. The zero-order valence-electron chi connectivity index (χ0n) is 24.4. The number of H-pyrrole nitrogens is 1. The summed E-state index contributed by atoms with van der Waals surface area (Å²) in [5.74, 6) is -2.06. The summed E-state index contributed by atoms with van der Waals surface area (Å²) in [7, 11) is -4.40. The maximum absolute atomic E-state index is 12.4.